The summed E-state index contributed by atoms with van der Waals surface area (Å²) < 4.78 is 10.6. The summed E-state index contributed by atoms with van der Waals surface area (Å²) in [5.74, 6) is 1.44. The van der Waals surface area contributed by atoms with Gasteiger partial charge >= 0.3 is 0 Å². The van der Waals surface area contributed by atoms with Crippen LogP contribution in [0.4, 0.5) is 0 Å². The van der Waals surface area contributed by atoms with Crippen molar-refractivity contribution in [3.05, 3.63) is 53.9 Å². The van der Waals surface area contributed by atoms with Crippen molar-refractivity contribution in [3.8, 4) is 11.5 Å². The van der Waals surface area contributed by atoms with E-state index in [0.29, 0.717) is 17.1 Å². The van der Waals surface area contributed by atoms with Crippen molar-refractivity contribution in [2.24, 2.45) is 5.92 Å². The van der Waals surface area contributed by atoms with E-state index in [9.17, 15) is 4.79 Å². The van der Waals surface area contributed by atoms with Crippen molar-refractivity contribution in [1.29, 1.82) is 0 Å². The number of ketones is 1. The first-order chi connectivity index (χ1) is 12.2. The lowest BCUT2D eigenvalue weighted by molar-refractivity contribution is 0.0811. The highest BCUT2D eigenvalue weighted by Gasteiger charge is 2.27. The molecule has 5 heteroatoms. The molecular weight excluding hydrogens is 316 g/mol. The highest BCUT2D eigenvalue weighted by Crippen LogP contribution is 2.30. The minimum Gasteiger partial charge on any atom is -0.493 e. The molecule has 1 atom stereocenters. The first-order valence-electron chi connectivity index (χ1n) is 8.58. The number of carbonyl (C=O) groups excluding carboxylic acids is 1. The standard InChI is InChI=1S/C20H24N2O3/c1-24-18-6-5-16(12-19(18)25-2)20(23)17-4-3-11-22(14-17)13-15-7-9-21-10-8-15/h5-10,12,17H,3-4,11,13-14H2,1-2H3/t17-/m1/s1. The number of hydrogen-bond donors (Lipinski definition) is 0. The lowest BCUT2D eigenvalue weighted by atomic mass is 9.89. The number of Topliss-reactive ketones (excluding diaryl/α,β-unsaturated/α-hetero) is 1. The maximum absolute atomic E-state index is 12.9. The molecule has 5 nitrogen and oxygen atoms in total. The molecule has 1 aliphatic rings. The molecule has 0 aliphatic carbocycles. The Morgan fingerprint density at radius 2 is 1.92 bits per heavy atom. The summed E-state index contributed by atoms with van der Waals surface area (Å²) in [7, 11) is 3.18. The van der Waals surface area contributed by atoms with Gasteiger partial charge in [0.05, 0.1) is 14.2 Å². The van der Waals surface area contributed by atoms with Gasteiger partial charge in [-0.15, -0.1) is 0 Å². The largest absolute Gasteiger partial charge is 0.493 e. The van der Waals surface area contributed by atoms with Crippen LogP contribution in [-0.4, -0.2) is 43.0 Å². The van der Waals surface area contributed by atoms with E-state index in [1.807, 2.05) is 30.6 Å². The molecule has 1 aromatic heterocycles. The summed E-state index contributed by atoms with van der Waals surface area (Å²) in [5.41, 5.74) is 1.92. The summed E-state index contributed by atoms with van der Waals surface area (Å²) in [5, 5.41) is 0. The molecule has 1 saturated heterocycles. The normalized spacial score (nSPS) is 17.9. The smallest absolute Gasteiger partial charge is 0.167 e. The average molecular weight is 340 g/mol. The topological polar surface area (TPSA) is 51.7 Å². The summed E-state index contributed by atoms with van der Waals surface area (Å²) >= 11 is 0. The first kappa shape index (κ1) is 17.4. The fourth-order valence-electron chi connectivity index (χ4n) is 3.38. The van der Waals surface area contributed by atoms with Gasteiger partial charge in [0.2, 0.25) is 0 Å². The minimum atomic E-state index is 0.0219. The third-order valence-electron chi connectivity index (χ3n) is 4.70. The van der Waals surface area contributed by atoms with Gasteiger partial charge in [-0.05, 0) is 55.3 Å². The Morgan fingerprint density at radius 1 is 1.16 bits per heavy atom. The molecule has 0 unspecified atom stereocenters. The van der Waals surface area contributed by atoms with Crippen LogP contribution in [0.3, 0.4) is 0 Å². The molecule has 0 saturated carbocycles. The monoisotopic (exact) mass is 340 g/mol. The van der Waals surface area contributed by atoms with Crippen molar-refractivity contribution < 1.29 is 14.3 Å². The van der Waals surface area contributed by atoms with Crippen molar-refractivity contribution in [1.82, 2.24) is 9.88 Å². The predicted octanol–water partition coefficient (Wildman–Crippen LogP) is 3.19. The van der Waals surface area contributed by atoms with E-state index in [4.69, 9.17) is 9.47 Å². The van der Waals surface area contributed by atoms with Crippen LogP contribution in [0.25, 0.3) is 0 Å². The number of methoxy groups -OCH3 is 2. The molecule has 1 aliphatic heterocycles. The Kier molecular flexibility index (Phi) is 5.66. The molecule has 0 radical (unpaired) electrons. The highest BCUT2D eigenvalue weighted by atomic mass is 16.5. The quantitative estimate of drug-likeness (QED) is 0.756. The number of carbonyl (C=O) groups is 1. The molecule has 2 heterocycles. The molecule has 0 amide bonds. The molecule has 1 fully saturated rings. The first-order valence-corrected chi connectivity index (χ1v) is 8.58. The van der Waals surface area contributed by atoms with Gasteiger partial charge in [-0.1, -0.05) is 0 Å². The Hall–Kier alpha value is -2.40. The molecule has 1 aromatic carbocycles. The summed E-state index contributed by atoms with van der Waals surface area (Å²) in [4.78, 5) is 19.3. The van der Waals surface area contributed by atoms with E-state index in [1.54, 1.807) is 26.4 Å². The second kappa shape index (κ2) is 8.12. The molecule has 0 N–H and O–H groups in total. The van der Waals surface area contributed by atoms with Gasteiger partial charge in [0, 0.05) is 37.0 Å². The highest BCUT2D eigenvalue weighted by molar-refractivity contribution is 5.98. The van der Waals surface area contributed by atoms with Crippen LogP contribution >= 0.6 is 0 Å². The maximum Gasteiger partial charge on any atom is 0.167 e. The van der Waals surface area contributed by atoms with E-state index >= 15 is 0 Å². The third-order valence-corrected chi connectivity index (χ3v) is 4.70. The fourth-order valence-corrected chi connectivity index (χ4v) is 3.38. The van der Waals surface area contributed by atoms with Crippen LogP contribution in [0.15, 0.2) is 42.7 Å². The number of nitrogens with zero attached hydrogens (tertiary/aromatic N) is 2. The van der Waals surface area contributed by atoms with Gasteiger partial charge in [-0.3, -0.25) is 14.7 Å². The Morgan fingerprint density at radius 3 is 2.64 bits per heavy atom. The van der Waals surface area contributed by atoms with Gasteiger partial charge < -0.3 is 9.47 Å². The van der Waals surface area contributed by atoms with Crippen molar-refractivity contribution in [3.63, 3.8) is 0 Å². The van der Waals surface area contributed by atoms with Crippen LogP contribution < -0.4 is 9.47 Å². The van der Waals surface area contributed by atoms with Gasteiger partial charge in [-0.2, -0.15) is 0 Å². The Bertz CT molecular complexity index is 718. The zero-order valence-electron chi connectivity index (χ0n) is 14.8. The molecule has 2 aromatic rings. The van der Waals surface area contributed by atoms with E-state index < -0.39 is 0 Å². The van der Waals surface area contributed by atoms with E-state index in [2.05, 4.69) is 9.88 Å². The molecule has 3 rings (SSSR count). The number of likely N-dealkylation sites (tertiary alicyclic amines) is 1. The number of benzene rings is 1. The zero-order chi connectivity index (χ0) is 17.6. The van der Waals surface area contributed by atoms with Gasteiger partial charge in [0.1, 0.15) is 0 Å². The second-order valence-corrected chi connectivity index (χ2v) is 6.36. The number of pyridine rings is 1. The van der Waals surface area contributed by atoms with Crippen LogP contribution in [-0.2, 0) is 6.54 Å². The fraction of sp³-hybridized carbons (Fsp3) is 0.400. The van der Waals surface area contributed by atoms with E-state index in [0.717, 1.165) is 32.5 Å². The van der Waals surface area contributed by atoms with Crippen LogP contribution in [0.1, 0.15) is 28.8 Å². The molecule has 132 valence electrons. The number of piperidine rings is 1. The summed E-state index contributed by atoms with van der Waals surface area (Å²) in [6.07, 6.45) is 5.59. The summed E-state index contributed by atoms with van der Waals surface area (Å²) in [6, 6.07) is 9.46. The van der Waals surface area contributed by atoms with Crippen LogP contribution in [0.5, 0.6) is 11.5 Å². The molecule has 0 bridgehead atoms. The number of ether oxygens (including phenoxy) is 2. The van der Waals surface area contributed by atoms with E-state index in [-0.39, 0.29) is 11.7 Å². The lowest BCUT2D eigenvalue weighted by Gasteiger charge is -2.32. The number of aromatic nitrogens is 1. The van der Waals surface area contributed by atoms with Crippen molar-refractivity contribution in [2.75, 3.05) is 27.3 Å². The SMILES string of the molecule is COc1ccc(C(=O)[C@@H]2CCCN(Cc3ccncc3)C2)cc1OC. The van der Waals surface area contributed by atoms with Crippen LogP contribution in [0, 0.1) is 5.92 Å². The van der Waals surface area contributed by atoms with Crippen molar-refractivity contribution in [2.45, 2.75) is 19.4 Å². The Balaban J connectivity index is 1.69. The zero-order valence-corrected chi connectivity index (χ0v) is 14.8. The molecule has 25 heavy (non-hydrogen) atoms. The minimum absolute atomic E-state index is 0.0219. The second-order valence-electron chi connectivity index (χ2n) is 6.36. The molecule has 0 spiro atoms. The maximum atomic E-state index is 12.9. The van der Waals surface area contributed by atoms with Gasteiger partial charge in [0.25, 0.3) is 0 Å². The van der Waals surface area contributed by atoms with Gasteiger partial charge in [0.15, 0.2) is 17.3 Å². The number of rotatable bonds is 6. The van der Waals surface area contributed by atoms with Crippen LogP contribution in [0.2, 0.25) is 0 Å². The third kappa shape index (κ3) is 4.17. The van der Waals surface area contributed by atoms with Crippen molar-refractivity contribution >= 4 is 5.78 Å². The number of hydrogen-bond acceptors (Lipinski definition) is 5. The van der Waals surface area contributed by atoms with Gasteiger partial charge in [-0.25, -0.2) is 0 Å². The van der Waals surface area contributed by atoms with E-state index in [1.165, 1.54) is 5.56 Å². The lowest BCUT2D eigenvalue weighted by Crippen LogP contribution is -2.38. The Labute approximate surface area is 148 Å². The predicted molar refractivity (Wildman–Crippen MR) is 96.1 cm³/mol. The summed E-state index contributed by atoms with van der Waals surface area (Å²) in [6.45, 7) is 2.67. The molecular formula is C20H24N2O3. The average Bonchev–Trinajstić information content (AvgIpc) is 2.68.